The van der Waals surface area contributed by atoms with Crippen LogP contribution in [0.15, 0.2) is 41.8 Å². The first-order chi connectivity index (χ1) is 7.74. The molecule has 0 saturated carbocycles. The second-order valence-electron chi connectivity index (χ2n) is 3.21. The number of benzene rings is 1. The van der Waals surface area contributed by atoms with E-state index in [0.717, 1.165) is 5.56 Å². The second-order valence-corrected chi connectivity index (χ2v) is 3.95. The zero-order valence-electron chi connectivity index (χ0n) is 9.09. The fourth-order valence-electron chi connectivity index (χ4n) is 1.18. The minimum atomic E-state index is -0.659. The molecule has 1 atom stereocenters. The van der Waals surface area contributed by atoms with E-state index in [-0.39, 0.29) is 12.5 Å². The van der Waals surface area contributed by atoms with Gasteiger partial charge in [-0.05, 0) is 17.2 Å². The summed E-state index contributed by atoms with van der Waals surface area (Å²) in [6.07, 6.45) is 2.66. The molecule has 4 heteroatoms. The highest BCUT2D eigenvalue weighted by atomic mass is 32.2. The number of nitrogens with one attached hydrogen (secondary N) is 1. The molecule has 1 amide bonds. The summed E-state index contributed by atoms with van der Waals surface area (Å²) >= 11 is 1.46. The number of rotatable bonds is 5. The van der Waals surface area contributed by atoms with Crippen LogP contribution in [0.1, 0.15) is 11.7 Å². The van der Waals surface area contributed by atoms with Gasteiger partial charge in [0.05, 0.1) is 6.10 Å². The van der Waals surface area contributed by atoms with Crippen LogP contribution in [-0.4, -0.2) is 23.8 Å². The molecule has 3 nitrogen and oxygen atoms in total. The monoisotopic (exact) mass is 237 g/mol. The van der Waals surface area contributed by atoms with E-state index in [1.54, 1.807) is 5.41 Å². The van der Waals surface area contributed by atoms with Crippen molar-refractivity contribution < 1.29 is 9.90 Å². The smallest absolute Gasteiger partial charge is 0.244 e. The number of aliphatic hydroxyl groups excluding tert-OH is 1. The standard InChI is InChI=1S/C12H15NO2S/c1-16-8-7-12(15)13-9-11(14)10-5-3-2-4-6-10/h2-8,11,14H,9H2,1H3,(H,13,15)/b8-7+/t11-/m1/s1. The Bertz CT molecular complexity index is 351. The van der Waals surface area contributed by atoms with Crippen LogP contribution in [0.5, 0.6) is 0 Å². The number of aliphatic hydroxyl groups is 1. The summed E-state index contributed by atoms with van der Waals surface area (Å²) in [6, 6.07) is 9.25. The SMILES string of the molecule is CS/C=C/C(=O)NC[C@@H](O)c1ccccc1. The van der Waals surface area contributed by atoms with Gasteiger partial charge in [-0.2, -0.15) is 0 Å². The van der Waals surface area contributed by atoms with E-state index in [2.05, 4.69) is 5.32 Å². The number of hydrogen-bond donors (Lipinski definition) is 2. The molecule has 0 bridgehead atoms. The maximum absolute atomic E-state index is 11.2. The molecule has 0 heterocycles. The Balaban J connectivity index is 2.39. The van der Waals surface area contributed by atoms with Gasteiger partial charge in [-0.3, -0.25) is 4.79 Å². The lowest BCUT2D eigenvalue weighted by atomic mass is 10.1. The lowest BCUT2D eigenvalue weighted by Crippen LogP contribution is -2.26. The van der Waals surface area contributed by atoms with Gasteiger partial charge in [0, 0.05) is 12.6 Å². The Morgan fingerprint density at radius 1 is 1.50 bits per heavy atom. The average Bonchev–Trinajstić information content (AvgIpc) is 2.34. The number of amides is 1. The van der Waals surface area contributed by atoms with Crippen molar-refractivity contribution in [1.29, 1.82) is 0 Å². The molecule has 1 rings (SSSR count). The third-order valence-electron chi connectivity index (χ3n) is 2.01. The highest BCUT2D eigenvalue weighted by Gasteiger charge is 2.06. The van der Waals surface area contributed by atoms with Gasteiger partial charge >= 0.3 is 0 Å². The largest absolute Gasteiger partial charge is 0.387 e. The fourth-order valence-corrected chi connectivity index (χ4v) is 1.44. The highest BCUT2D eigenvalue weighted by Crippen LogP contribution is 2.10. The van der Waals surface area contributed by atoms with Crippen molar-refractivity contribution in [2.24, 2.45) is 0 Å². The van der Waals surface area contributed by atoms with Crippen molar-refractivity contribution >= 4 is 17.7 Å². The number of thioether (sulfide) groups is 1. The summed E-state index contributed by atoms with van der Waals surface area (Å²) in [7, 11) is 0. The molecular formula is C12H15NO2S. The minimum Gasteiger partial charge on any atom is -0.387 e. The first-order valence-electron chi connectivity index (χ1n) is 4.94. The zero-order chi connectivity index (χ0) is 11.8. The van der Waals surface area contributed by atoms with Crippen molar-refractivity contribution in [2.45, 2.75) is 6.10 Å². The van der Waals surface area contributed by atoms with E-state index in [1.165, 1.54) is 17.8 Å². The summed E-state index contributed by atoms with van der Waals surface area (Å²) in [6.45, 7) is 0.224. The second kappa shape index (κ2) is 7.09. The Kier molecular flexibility index (Phi) is 5.67. The van der Waals surface area contributed by atoms with Crippen LogP contribution in [0, 0.1) is 0 Å². The molecule has 0 aliphatic carbocycles. The molecule has 0 saturated heterocycles. The van der Waals surface area contributed by atoms with Gasteiger partial charge in [0.1, 0.15) is 0 Å². The first kappa shape index (κ1) is 12.8. The van der Waals surface area contributed by atoms with E-state index in [1.807, 2.05) is 36.6 Å². The third-order valence-corrected chi connectivity index (χ3v) is 2.42. The molecule has 0 aliphatic heterocycles. The molecular weight excluding hydrogens is 222 g/mol. The molecule has 0 radical (unpaired) electrons. The van der Waals surface area contributed by atoms with Crippen LogP contribution in [0.25, 0.3) is 0 Å². The Morgan fingerprint density at radius 2 is 2.19 bits per heavy atom. The summed E-state index contributed by atoms with van der Waals surface area (Å²) < 4.78 is 0. The van der Waals surface area contributed by atoms with Crippen LogP contribution in [-0.2, 0) is 4.79 Å². The summed E-state index contributed by atoms with van der Waals surface area (Å²) in [5.74, 6) is -0.190. The number of hydrogen-bond acceptors (Lipinski definition) is 3. The number of carbonyl (C=O) groups is 1. The average molecular weight is 237 g/mol. The fraction of sp³-hybridized carbons (Fsp3) is 0.250. The molecule has 1 aromatic rings. The van der Waals surface area contributed by atoms with Crippen LogP contribution in [0.4, 0.5) is 0 Å². The van der Waals surface area contributed by atoms with Crippen LogP contribution >= 0.6 is 11.8 Å². The van der Waals surface area contributed by atoms with Crippen molar-refractivity contribution in [3.63, 3.8) is 0 Å². The molecule has 1 aromatic carbocycles. The van der Waals surface area contributed by atoms with Gasteiger partial charge < -0.3 is 10.4 Å². The Labute approximate surface area is 99.6 Å². The van der Waals surface area contributed by atoms with E-state index < -0.39 is 6.10 Å². The molecule has 16 heavy (non-hydrogen) atoms. The van der Waals surface area contributed by atoms with Gasteiger partial charge in [0.25, 0.3) is 0 Å². The molecule has 86 valence electrons. The van der Waals surface area contributed by atoms with Crippen molar-refractivity contribution in [1.82, 2.24) is 5.32 Å². The third kappa shape index (κ3) is 4.51. The quantitative estimate of drug-likeness (QED) is 0.767. The van der Waals surface area contributed by atoms with Crippen LogP contribution in [0.2, 0.25) is 0 Å². The Hall–Kier alpha value is -1.26. The topological polar surface area (TPSA) is 49.3 Å². The number of carbonyl (C=O) groups excluding carboxylic acids is 1. The molecule has 2 N–H and O–H groups in total. The maximum atomic E-state index is 11.2. The van der Waals surface area contributed by atoms with Crippen molar-refractivity contribution in [2.75, 3.05) is 12.8 Å². The summed E-state index contributed by atoms with van der Waals surface area (Å²) in [5, 5.41) is 14.1. The van der Waals surface area contributed by atoms with E-state index in [9.17, 15) is 9.90 Å². The van der Waals surface area contributed by atoms with Gasteiger partial charge in [0.2, 0.25) is 5.91 Å². The van der Waals surface area contributed by atoms with E-state index >= 15 is 0 Å². The van der Waals surface area contributed by atoms with Gasteiger partial charge in [-0.15, -0.1) is 11.8 Å². The van der Waals surface area contributed by atoms with Crippen molar-refractivity contribution in [3.05, 3.63) is 47.4 Å². The van der Waals surface area contributed by atoms with Crippen LogP contribution < -0.4 is 5.32 Å². The lowest BCUT2D eigenvalue weighted by molar-refractivity contribution is -0.116. The van der Waals surface area contributed by atoms with Crippen LogP contribution in [0.3, 0.4) is 0 Å². The molecule has 0 spiro atoms. The maximum Gasteiger partial charge on any atom is 0.244 e. The molecule has 0 aromatic heterocycles. The van der Waals surface area contributed by atoms with E-state index in [0.29, 0.717) is 0 Å². The molecule has 0 fully saturated rings. The minimum absolute atomic E-state index is 0.190. The Morgan fingerprint density at radius 3 is 2.81 bits per heavy atom. The predicted molar refractivity (Wildman–Crippen MR) is 67.1 cm³/mol. The predicted octanol–water partition coefficient (Wildman–Crippen LogP) is 1.71. The van der Waals surface area contributed by atoms with Gasteiger partial charge in [0.15, 0.2) is 0 Å². The lowest BCUT2D eigenvalue weighted by Gasteiger charge is -2.10. The van der Waals surface area contributed by atoms with Crippen molar-refractivity contribution in [3.8, 4) is 0 Å². The van der Waals surface area contributed by atoms with Gasteiger partial charge in [-0.1, -0.05) is 30.3 Å². The normalized spacial score (nSPS) is 12.6. The molecule has 0 unspecified atom stereocenters. The first-order valence-corrected chi connectivity index (χ1v) is 6.23. The van der Waals surface area contributed by atoms with E-state index in [4.69, 9.17) is 0 Å². The highest BCUT2D eigenvalue weighted by molar-refractivity contribution is 8.01. The van der Waals surface area contributed by atoms with Gasteiger partial charge in [-0.25, -0.2) is 0 Å². The zero-order valence-corrected chi connectivity index (χ0v) is 9.91. The summed E-state index contributed by atoms with van der Waals surface area (Å²) in [5.41, 5.74) is 0.802. The summed E-state index contributed by atoms with van der Waals surface area (Å²) in [4.78, 5) is 11.2. The molecule has 0 aliphatic rings.